The highest BCUT2D eigenvalue weighted by Gasteiger charge is 2.23. The standard InChI is InChI=1S/C14H19NO4S2/c1-5-6-11-21(18,19)15(3)12(2)13-7-9-14(10-8-13)20(4,16)17/h1,7-10,12H,6,11H2,2-4H3/t12-/m0/s1. The topological polar surface area (TPSA) is 71.5 Å². The summed E-state index contributed by atoms with van der Waals surface area (Å²) in [5.74, 6) is 2.20. The van der Waals surface area contributed by atoms with E-state index in [4.69, 9.17) is 6.42 Å². The normalized spacial score (nSPS) is 13.9. The van der Waals surface area contributed by atoms with Gasteiger partial charge in [-0.3, -0.25) is 0 Å². The quantitative estimate of drug-likeness (QED) is 0.740. The number of sulfone groups is 1. The first kappa shape index (κ1) is 17.7. The molecule has 1 atom stereocenters. The van der Waals surface area contributed by atoms with Gasteiger partial charge in [-0.05, 0) is 24.6 Å². The molecule has 0 aliphatic rings. The molecule has 1 aromatic carbocycles. The first-order chi connectivity index (χ1) is 9.59. The number of sulfonamides is 1. The minimum absolute atomic E-state index is 0.105. The van der Waals surface area contributed by atoms with Crippen molar-refractivity contribution in [2.75, 3.05) is 19.1 Å². The number of benzene rings is 1. The Kier molecular flexibility index (Phi) is 5.56. The van der Waals surface area contributed by atoms with E-state index >= 15 is 0 Å². The molecular weight excluding hydrogens is 310 g/mol. The minimum atomic E-state index is -3.44. The Bertz CT molecular complexity index is 728. The fraction of sp³-hybridized carbons (Fsp3) is 0.429. The van der Waals surface area contributed by atoms with Crippen molar-refractivity contribution in [1.29, 1.82) is 0 Å². The van der Waals surface area contributed by atoms with Crippen molar-refractivity contribution in [2.45, 2.75) is 24.3 Å². The average Bonchev–Trinajstić information content (AvgIpc) is 2.42. The van der Waals surface area contributed by atoms with Crippen LogP contribution in [-0.2, 0) is 19.9 Å². The van der Waals surface area contributed by atoms with Gasteiger partial charge in [0.2, 0.25) is 10.0 Å². The second-order valence-electron chi connectivity index (χ2n) is 4.80. The van der Waals surface area contributed by atoms with E-state index in [0.29, 0.717) is 5.56 Å². The van der Waals surface area contributed by atoms with E-state index < -0.39 is 25.9 Å². The molecule has 0 saturated heterocycles. The molecular formula is C14H19NO4S2. The number of hydrogen-bond donors (Lipinski definition) is 0. The zero-order valence-corrected chi connectivity index (χ0v) is 13.9. The Labute approximate surface area is 126 Å². The largest absolute Gasteiger partial charge is 0.224 e. The summed E-state index contributed by atoms with van der Waals surface area (Å²) < 4.78 is 48.2. The van der Waals surface area contributed by atoms with Crippen LogP contribution in [0.2, 0.25) is 0 Å². The predicted molar refractivity (Wildman–Crippen MR) is 83.0 cm³/mol. The maximum atomic E-state index is 12.1. The van der Waals surface area contributed by atoms with Crippen molar-refractivity contribution >= 4 is 19.9 Å². The molecule has 0 N–H and O–H groups in total. The van der Waals surface area contributed by atoms with Crippen LogP contribution >= 0.6 is 0 Å². The Hall–Kier alpha value is -1.36. The van der Waals surface area contributed by atoms with E-state index in [1.54, 1.807) is 19.1 Å². The SMILES string of the molecule is C#CCCS(=O)(=O)N(C)[C@@H](C)c1ccc(S(C)(=O)=O)cc1. The summed E-state index contributed by atoms with van der Waals surface area (Å²) in [5.41, 5.74) is 0.717. The lowest BCUT2D eigenvalue weighted by Gasteiger charge is -2.24. The molecule has 1 rings (SSSR count). The fourth-order valence-electron chi connectivity index (χ4n) is 1.78. The van der Waals surface area contributed by atoms with Crippen LogP contribution in [0.5, 0.6) is 0 Å². The van der Waals surface area contributed by atoms with Crippen molar-refractivity contribution in [1.82, 2.24) is 4.31 Å². The molecule has 21 heavy (non-hydrogen) atoms. The molecule has 0 unspecified atom stereocenters. The van der Waals surface area contributed by atoms with Crippen LogP contribution in [0.15, 0.2) is 29.2 Å². The van der Waals surface area contributed by atoms with Crippen LogP contribution in [0.1, 0.15) is 24.9 Å². The van der Waals surface area contributed by atoms with Gasteiger partial charge >= 0.3 is 0 Å². The molecule has 7 heteroatoms. The smallest absolute Gasteiger partial charge is 0.215 e. The van der Waals surface area contributed by atoms with Crippen molar-refractivity contribution < 1.29 is 16.8 Å². The Balaban J connectivity index is 2.99. The van der Waals surface area contributed by atoms with Gasteiger partial charge in [-0.25, -0.2) is 16.8 Å². The van der Waals surface area contributed by atoms with Crippen LogP contribution in [0, 0.1) is 12.3 Å². The molecule has 0 radical (unpaired) electrons. The summed E-state index contributed by atoms with van der Waals surface area (Å²) in [5, 5.41) is 0. The Morgan fingerprint density at radius 3 is 2.14 bits per heavy atom. The van der Waals surface area contributed by atoms with Gasteiger partial charge in [0.15, 0.2) is 9.84 Å². The van der Waals surface area contributed by atoms with Crippen LogP contribution in [0.4, 0.5) is 0 Å². The molecule has 0 heterocycles. The number of hydrogen-bond acceptors (Lipinski definition) is 4. The van der Waals surface area contributed by atoms with Crippen molar-refractivity contribution in [3.05, 3.63) is 29.8 Å². The van der Waals surface area contributed by atoms with Crippen LogP contribution in [-0.4, -0.2) is 40.2 Å². The second kappa shape index (κ2) is 6.60. The Morgan fingerprint density at radius 1 is 1.19 bits per heavy atom. The van der Waals surface area contributed by atoms with Crippen LogP contribution in [0.3, 0.4) is 0 Å². The number of nitrogens with zero attached hydrogens (tertiary/aromatic N) is 1. The highest BCUT2D eigenvalue weighted by molar-refractivity contribution is 7.90. The molecule has 0 bridgehead atoms. The van der Waals surface area contributed by atoms with Crippen LogP contribution in [0.25, 0.3) is 0 Å². The van der Waals surface area contributed by atoms with E-state index in [2.05, 4.69) is 5.92 Å². The molecule has 0 saturated carbocycles. The minimum Gasteiger partial charge on any atom is -0.224 e. The first-order valence-electron chi connectivity index (χ1n) is 6.29. The zero-order chi connectivity index (χ0) is 16.3. The highest BCUT2D eigenvalue weighted by atomic mass is 32.2. The molecule has 0 fully saturated rings. The average molecular weight is 329 g/mol. The highest BCUT2D eigenvalue weighted by Crippen LogP contribution is 2.23. The van der Waals surface area contributed by atoms with E-state index in [1.165, 1.54) is 23.5 Å². The Morgan fingerprint density at radius 2 is 1.71 bits per heavy atom. The third-order valence-electron chi connectivity index (χ3n) is 3.28. The molecule has 116 valence electrons. The van der Waals surface area contributed by atoms with E-state index in [0.717, 1.165) is 6.26 Å². The summed E-state index contributed by atoms with van der Waals surface area (Å²) in [7, 11) is -5.21. The third-order valence-corrected chi connectivity index (χ3v) is 6.32. The summed E-state index contributed by atoms with van der Waals surface area (Å²) in [6.45, 7) is 1.74. The van der Waals surface area contributed by atoms with Gasteiger partial charge in [-0.1, -0.05) is 12.1 Å². The van der Waals surface area contributed by atoms with Crippen molar-refractivity contribution in [2.24, 2.45) is 0 Å². The van der Waals surface area contributed by atoms with Gasteiger partial charge in [0, 0.05) is 25.8 Å². The van der Waals surface area contributed by atoms with E-state index in [9.17, 15) is 16.8 Å². The van der Waals surface area contributed by atoms with Gasteiger partial charge < -0.3 is 0 Å². The predicted octanol–water partition coefficient (Wildman–Crippen LogP) is 1.44. The van der Waals surface area contributed by atoms with E-state index in [1.807, 2.05) is 0 Å². The fourth-order valence-corrected chi connectivity index (χ4v) is 3.67. The maximum absolute atomic E-state index is 12.1. The van der Waals surface area contributed by atoms with Gasteiger partial charge in [0.25, 0.3) is 0 Å². The van der Waals surface area contributed by atoms with Gasteiger partial charge in [-0.15, -0.1) is 12.3 Å². The zero-order valence-electron chi connectivity index (χ0n) is 12.3. The lowest BCUT2D eigenvalue weighted by atomic mass is 10.1. The molecule has 0 amide bonds. The number of rotatable bonds is 6. The molecule has 0 aliphatic carbocycles. The van der Waals surface area contributed by atoms with Gasteiger partial charge in [0.05, 0.1) is 10.6 Å². The van der Waals surface area contributed by atoms with Crippen LogP contribution < -0.4 is 0 Å². The lowest BCUT2D eigenvalue weighted by molar-refractivity contribution is 0.398. The number of terminal acetylenes is 1. The summed E-state index contributed by atoms with van der Waals surface area (Å²) >= 11 is 0. The molecule has 0 spiro atoms. The summed E-state index contributed by atoms with van der Waals surface area (Å²) in [4.78, 5) is 0.205. The molecule has 0 aliphatic heterocycles. The monoisotopic (exact) mass is 329 g/mol. The van der Waals surface area contributed by atoms with E-state index in [-0.39, 0.29) is 17.1 Å². The summed E-state index contributed by atoms with van der Waals surface area (Å²) in [6.07, 6.45) is 6.38. The van der Waals surface area contributed by atoms with Crippen molar-refractivity contribution in [3.8, 4) is 12.3 Å². The lowest BCUT2D eigenvalue weighted by Crippen LogP contribution is -2.31. The van der Waals surface area contributed by atoms with Gasteiger partial charge in [0.1, 0.15) is 0 Å². The summed E-state index contributed by atoms with van der Waals surface area (Å²) in [6, 6.07) is 5.79. The second-order valence-corrected chi connectivity index (χ2v) is 8.97. The third kappa shape index (κ3) is 4.56. The molecule has 5 nitrogen and oxygen atoms in total. The first-order valence-corrected chi connectivity index (χ1v) is 9.79. The molecule has 1 aromatic rings. The van der Waals surface area contributed by atoms with Crippen molar-refractivity contribution in [3.63, 3.8) is 0 Å². The molecule has 0 aromatic heterocycles. The maximum Gasteiger partial charge on any atom is 0.215 e. The van der Waals surface area contributed by atoms with Gasteiger partial charge in [-0.2, -0.15) is 4.31 Å².